The number of hydrogen-bond donors (Lipinski definition) is 0. The predicted octanol–water partition coefficient (Wildman–Crippen LogP) is 5.36. The third-order valence-electron chi connectivity index (χ3n) is 4.07. The Hall–Kier alpha value is -1.67. The number of benzene rings is 2. The first kappa shape index (κ1) is 19.1. The molecule has 3 nitrogen and oxygen atoms in total. The zero-order valence-electron chi connectivity index (χ0n) is 13.7. The van der Waals surface area contributed by atoms with Crippen LogP contribution in [-0.4, -0.2) is 30.2 Å². The minimum Gasteiger partial charge on any atom is -0.496 e. The van der Waals surface area contributed by atoms with Crippen LogP contribution < -0.4 is 4.74 Å². The molecule has 1 aliphatic rings. The summed E-state index contributed by atoms with van der Waals surface area (Å²) in [6.45, 7) is 0.541. The number of methoxy groups -OCH3 is 1. The SMILES string of the molecule is COc1ccc(C2SCCN2C(=O)c2ccc(C(F)(F)F)cc2)cc1Br. The smallest absolute Gasteiger partial charge is 0.416 e. The minimum absolute atomic E-state index is 0.188. The Morgan fingerprint density at radius 1 is 1.23 bits per heavy atom. The lowest BCUT2D eigenvalue weighted by Crippen LogP contribution is -2.30. The maximum Gasteiger partial charge on any atom is 0.416 e. The zero-order valence-corrected chi connectivity index (χ0v) is 16.1. The van der Waals surface area contributed by atoms with Crippen LogP contribution in [0.4, 0.5) is 13.2 Å². The summed E-state index contributed by atoms with van der Waals surface area (Å²) in [5, 5.41) is -0.188. The fourth-order valence-electron chi connectivity index (χ4n) is 2.76. The molecule has 3 rings (SSSR count). The van der Waals surface area contributed by atoms with Gasteiger partial charge in [0.15, 0.2) is 0 Å². The maximum atomic E-state index is 12.8. The van der Waals surface area contributed by atoms with E-state index in [-0.39, 0.29) is 16.8 Å². The Morgan fingerprint density at radius 2 is 1.92 bits per heavy atom. The van der Waals surface area contributed by atoms with E-state index in [2.05, 4.69) is 15.9 Å². The van der Waals surface area contributed by atoms with Crippen LogP contribution in [0.15, 0.2) is 46.9 Å². The van der Waals surface area contributed by atoms with Crippen molar-refractivity contribution in [2.75, 3.05) is 19.4 Å². The summed E-state index contributed by atoms with van der Waals surface area (Å²) in [4.78, 5) is 14.5. The van der Waals surface area contributed by atoms with Crippen molar-refractivity contribution in [2.45, 2.75) is 11.6 Å². The van der Waals surface area contributed by atoms with Crippen molar-refractivity contribution < 1.29 is 22.7 Å². The number of carbonyl (C=O) groups excluding carboxylic acids is 1. The molecule has 1 amide bonds. The predicted molar refractivity (Wildman–Crippen MR) is 98.4 cm³/mol. The summed E-state index contributed by atoms with van der Waals surface area (Å²) in [7, 11) is 1.57. The van der Waals surface area contributed by atoms with Gasteiger partial charge in [-0.1, -0.05) is 6.07 Å². The number of thioether (sulfide) groups is 1. The molecule has 0 radical (unpaired) electrons. The van der Waals surface area contributed by atoms with Crippen LogP contribution in [-0.2, 0) is 6.18 Å². The van der Waals surface area contributed by atoms with Crippen LogP contribution in [0, 0.1) is 0 Å². The number of carbonyl (C=O) groups is 1. The number of nitrogens with zero attached hydrogens (tertiary/aromatic N) is 1. The standard InChI is InChI=1S/C18H15BrF3NO2S/c1-25-15-7-4-12(10-14(15)19)17-23(8-9-26-17)16(24)11-2-5-13(6-3-11)18(20,21)22/h2-7,10,17H,8-9H2,1H3. The Morgan fingerprint density at radius 3 is 2.50 bits per heavy atom. The molecule has 1 aliphatic heterocycles. The Balaban J connectivity index is 1.83. The minimum atomic E-state index is -4.41. The molecule has 0 N–H and O–H groups in total. The lowest BCUT2D eigenvalue weighted by atomic mass is 10.1. The van der Waals surface area contributed by atoms with Crippen molar-refractivity contribution in [3.05, 3.63) is 63.6 Å². The van der Waals surface area contributed by atoms with Crippen molar-refractivity contribution in [1.82, 2.24) is 4.90 Å². The molecule has 2 aromatic carbocycles. The molecule has 2 aromatic rings. The topological polar surface area (TPSA) is 29.5 Å². The molecule has 1 heterocycles. The third-order valence-corrected chi connectivity index (χ3v) is 5.95. The van der Waals surface area contributed by atoms with Crippen LogP contribution in [0.1, 0.15) is 26.9 Å². The molecule has 26 heavy (non-hydrogen) atoms. The molecule has 138 valence electrons. The van der Waals surface area contributed by atoms with Gasteiger partial charge in [0.2, 0.25) is 0 Å². The monoisotopic (exact) mass is 445 g/mol. The number of amides is 1. The number of ether oxygens (including phenoxy) is 1. The van der Waals surface area contributed by atoms with E-state index in [4.69, 9.17) is 4.74 Å². The summed E-state index contributed by atoms with van der Waals surface area (Å²) < 4.78 is 44.1. The second-order valence-corrected chi connectivity index (χ2v) is 7.73. The molecule has 0 saturated carbocycles. The quantitative estimate of drug-likeness (QED) is 0.636. The van der Waals surface area contributed by atoms with E-state index < -0.39 is 11.7 Å². The first-order chi connectivity index (χ1) is 12.3. The van der Waals surface area contributed by atoms with E-state index in [0.29, 0.717) is 12.3 Å². The average Bonchev–Trinajstić information content (AvgIpc) is 3.10. The van der Waals surface area contributed by atoms with Gasteiger partial charge >= 0.3 is 6.18 Å². The average molecular weight is 446 g/mol. The normalized spacial score (nSPS) is 17.4. The fraction of sp³-hybridized carbons (Fsp3) is 0.278. The van der Waals surface area contributed by atoms with Gasteiger partial charge in [-0.2, -0.15) is 13.2 Å². The first-order valence-corrected chi connectivity index (χ1v) is 9.58. The third kappa shape index (κ3) is 3.86. The fourth-order valence-corrected chi connectivity index (χ4v) is 4.56. The van der Waals surface area contributed by atoms with Gasteiger partial charge in [-0.3, -0.25) is 4.79 Å². The van der Waals surface area contributed by atoms with Crippen molar-refractivity contribution >= 4 is 33.6 Å². The summed E-state index contributed by atoms with van der Waals surface area (Å²) in [5.74, 6) is 1.18. The molecule has 1 atom stereocenters. The summed E-state index contributed by atoms with van der Waals surface area (Å²) >= 11 is 5.06. The Bertz CT molecular complexity index is 811. The number of rotatable bonds is 3. The highest BCUT2D eigenvalue weighted by molar-refractivity contribution is 9.10. The number of hydrogen-bond acceptors (Lipinski definition) is 3. The largest absolute Gasteiger partial charge is 0.496 e. The van der Waals surface area contributed by atoms with Gasteiger partial charge in [-0.05, 0) is 57.9 Å². The molecule has 1 fully saturated rings. The summed E-state index contributed by atoms with van der Waals surface area (Å²) in [6, 6.07) is 9.95. The van der Waals surface area contributed by atoms with Crippen molar-refractivity contribution in [3.8, 4) is 5.75 Å². The van der Waals surface area contributed by atoms with Gasteiger partial charge in [-0.25, -0.2) is 0 Å². The van der Waals surface area contributed by atoms with Gasteiger partial charge in [0.25, 0.3) is 5.91 Å². The molecule has 0 aliphatic carbocycles. The Kier molecular flexibility index (Phi) is 5.53. The van der Waals surface area contributed by atoms with E-state index >= 15 is 0 Å². The lowest BCUT2D eigenvalue weighted by Gasteiger charge is -2.25. The lowest BCUT2D eigenvalue weighted by molar-refractivity contribution is -0.137. The molecule has 8 heteroatoms. The van der Waals surface area contributed by atoms with Gasteiger partial charge in [0.05, 0.1) is 17.1 Å². The van der Waals surface area contributed by atoms with Crippen molar-refractivity contribution in [3.63, 3.8) is 0 Å². The molecular formula is C18H15BrF3NO2S. The second-order valence-electron chi connectivity index (χ2n) is 5.69. The van der Waals surface area contributed by atoms with Crippen LogP contribution in [0.3, 0.4) is 0 Å². The molecule has 0 spiro atoms. The maximum absolute atomic E-state index is 12.8. The molecule has 1 unspecified atom stereocenters. The molecule has 0 aromatic heterocycles. The Labute approximate surface area is 161 Å². The molecular weight excluding hydrogens is 431 g/mol. The van der Waals surface area contributed by atoms with Crippen LogP contribution in [0.25, 0.3) is 0 Å². The molecule has 0 bridgehead atoms. The van der Waals surface area contributed by atoms with Crippen LogP contribution in [0.5, 0.6) is 5.75 Å². The highest BCUT2D eigenvalue weighted by Gasteiger charge is 2.33. The number of halogens is 4. The van der Waals surface area contributed by atoms with Gasteiger partial charge in [0, 0.05) is 17.9 Å². The van der Waals surface area contributed by atoms with E-state index in [1.807, 2.05) is 18.2 Å². The first-order valence-electron chi connectivity index (χ1n) is 7.74. The van der Waals surface area contributed by atoms with Crippen molar-refractivity contribution in [1.29, 1.82) is 0 Å². The van der Waals surface area contributed by atoms with E-state index in [9.17, 15) is 18.0 Å². The van der Waals surface area contributed by atoms with E-state index in [1.165, 1.54) is 12.1 Å². The highest BCUT2D eigenvalue weighted by Crippen LogP contribution is 2.41. The van der Waals surface area contributed by atoms with Gasteiger partial charge in [0.1, 0.15) is 11.1 Å². The van der Waals surface area contributed by atoms with Gasteiger partial charge < -0.3 is 9.64 Å². The zero-order chi connectivity index (χ0) is 18.9. The van der Waals surface area contributed by atoms with Crippen LogP contribution >= 0.6 is 27.7 Å². The van der Waals surface area contributed by atoms with E-state index in [1.54, 1.807) is 23.8 Å². The van der Waals surface area contributed by atoms with Crippen LogP contribution in [0.2, 0.25) is 0 Å². The van der Waals surface area contributed by atoms with Crippen molar-refractivity contribution in [2.24, 2.45) is 0 Å². The summed E-state index contributed by atoms with van der Waals surface area (Å²) in [5.41, 5.74) is 0.416. The second kappa shape index (κ2) is 7.52. The number of alkyl halides is 3. The highest BCUT2D eigenvalue weighted by atomic mass is 79.9. The van der Waals surface area contributed by atoms with E-state index in [0.717, 1.165) is 27.9 Å². The van der Waals surface area contributed by atoms with Gasteiger partial charge in [-0.15, -0.1) is 11.8 Å². The molecule has 1 saturated heterocycles. The summed E-state index contributed by atoms with van der Waals surface area (Å²) in [6.07, 6.45) is -4.41.